The number of amides is 2. The lowest BCUT2D eigenvalue weighted by molar-refractivity contribution is -0.132. The Kier molecular flexibility index (Phi) is 8.10. The van der Waals surface area contributed by atoms with E-state index < -0.39 is 0 Å². The molecule has 1 atom stereocenters. The minimum atomic E-state index is -0.0284. The molecule has 1 aromatic rings. The number of hydrogen-bond acceptors (Lipinski definition) is 4. The van der Waals surface area contributed by atoms with Gasteiger partial charge in [-0.25, -0.2) is 0 Å². The maximum Gasteiger partial charge on any atom is 0.260 e. The Morgan fingerprint density at radius 3 is 2.63 bits per heavy atom. The van der Waals surface area contributed by atoms with Gasteiger partial charge in [0.2, 0.25) is 5.91 Å². The smallest absolute Gasteiger partial charge is 0.260 e. The summed E-state index contributed by atoms with van der Waals surface area (Å²) in [7, 11) is 1.85. The second-order valence-corrected chi connectivity index (χ2v) is 7.80. The second-order valence-electron chi connectivity index (χ2n) is 7.80. The molecule has 0 spiro atoms. The van der Waals surface area contributed by atoms with Crippen LogP contribution in [0.4, 0.5) is 5.69 Å². The Balaban J connectivity index is 1.72. The number of rotatable bonds is 9. The van der Waals surface area contributed by atoms with Gasteiger partial charge in [0.25, 0.3) is 5.91 Å². The average Bonchev–Trinajstić information content (AvgIpc) is 3.06. The van der Waals surface area contributed by atoms with Crippen molar-refractivity contribution >= 4 is 17.5 Å². The van der Waals surface area contributed by atoms with Gasteiger partial charge in [0.1, 0.15) is 5.75 Å². The number of nitrogens with one attached hydrogen (secondary N) is 1. The van der Waals surface area contributed by atoms with Gasteiger partial charge in [-0.05, 0) is 49.1 Å². The highest BCUT2D eigenvalue weighted by Gasteiger charge is 2.25. The van der Waals surface area contributed by atoms with Crippen LogP contribution in [0.5, 0.6) is 5.75 Å². The molecule has 1 aliphatic heterocycles. The van der Waals surface area contributed by atoms with E-state index in [1.165, 1.54) is 0 Å². The number of hydrogen-bond donors (Lipinski definition) is 1. The molecule has 1 saturated heterocycles. The molecule has 0 unspecified atom stereocenters. The predicted molar refractivity (Wildman–Crippen MR) is 108 cm³/mol. The summed E-state index contributed by atoms with van der Waals surface area (Å²) in [4.78, 5) is 28.0. The predicted octanol–water partition coefficient (Wildman–Crippen LogP) is 2.85. The summed E-state index contributed by atoms with van der Waals surface area (Å²) in [6.45, 7) is 10.4. The van der Waals surface area contributed by atoms with Crippen LogP contribution in [0.15, 0.2) is 24.3 Å². The van der Waals surface area contributed by atoms with Crippen molar-refractivity contribution in [2.45, 2.75) is 33.6 Å². The molecule has 0 radical (unpaired) electrons. The van der Waals surface area contributed by atoms with Crippen molar-refractivity contribution in [1.82, 2.24) is 9.80 Å². The van der Waals surface area contributed by atoms with E-state index >= 15 is 0 Å². The molecule has 1 N–H and O–H groups in total. The molecule has 1 aromatic carbocycles. The molecule has 2 amide bonds. The maximum absolute atomic E-state index is 12.3. The molecule has 1 fully saturated rings. The number of nitrogens with zero attached hydrogens (tertiary/aromatic N) is 2. The number of carbonyl (C=O) groups is 2. The molecular weight excluding hydrogens is 342 g/mol. The topological polar surface area (TPSA) is 61.9 Å². The van der Waals surface area contributed by atoms with Crippen LogP contribution in [0.2, 0.25) is 0 Å². The molecule has 27 heavy (non-hydrogen) atoms. The first-order chi connectivity index (χ1) is 12.9. The zero-order valence-electron chi connectivity index (χ0n) is 17.0. The fourth-order valence-electron chi connectivity index (χ4n) is 3.37. The minimum Gasteiger partial charge on any atom is -0.484 e. The van der Waals surface area contributed by atoms with Crippen LogP contribution in [-0.2, 0) is 9.59 Å². The van der Waals surface area contributed by atoms with Gasteiger partial charge in [-0.2, -0.15) is 0 Å². The van der Waals surface area contributed by atoms with Gasteiger partial charge in [0.05, 0.1) is 0 Å². The van der Waals surface area contributed by atoms with E-state index in [-0.39, 0.29) is 18.4 Å². The van der Waals surface area contributed by atoms with Crippen molar-refractivity contribution in [3.63, 3.8) is 0 Å². The largest absolute Gasteiger partial charge is 0.484 e. The van der Waals surface area contributed by atoms with Crippen LogP contribution in [0, 0.1) is 11.8 Å². The molecule has 0 bridgehead atoms. The first-order valence-corrected chi connectivity index (χ1v) is 9.86. The summed E-state index contributed by atoms with van der Waals surface area (Å²) in [6, 6.07) is 7.08. The van der Waals surface area contributed by atoms with E-state index in [9.17, 15) is 9.59 Å². The number of carbonyl (C=O) groups excluding carboxylic acids is 2. The highest BCUT2D eigenvalue weighted by molar-refractivity contribution is 5.90. The van der Waals surface area contributed by atoms with Crippen molar-refractivity contribution in [3.8, 4) is 5.75 Å². The lowest BCUT2D eigenvalue weighted by atomic mass is 10.1. The monoisotopic (exact) mass is 375 g/mol. The zero-order chi connectivity index (χ0) is 19.8. The van der Waals surface area contributed by atoms with Crippen LogP contribution in [0.25, 0.3) is 0 Å². The average molecular weight is 376 g/mol. The summed E-state index contributed by atoms with van der Waals surface area (Å²) in [5.74, 6) is 1.80. The van der Waals surface area contributed by atoms with Crippen LogP contribution in [-0.4, -0.2) is 61.4 Å². The number of ether oxygens (including phenoxy) is 1. The van der Waals surface area contributed by atoms with E-state index in [1.807, 2.05) is 14.0 Å². The van der Waals surface area contributed by atoms with E-state index in [0.717, 1.165) is 38.3 Å². The summed E-state index contributed by atoms with van der Waals surface area (Å²) in [6.07, 6.45) is 1.59. The SMILES string of the molecule is CCC(=O)Nc1ccc(OCC(=O)N(C)C[C@@H]2CCN(CC(C)C)C2)cc1. The fraction of sp³-hybridized carbons (Fsp3) is 0.619. The van der Waals surface area contributed by atoms with Gasteiger partial charge in [0, 0.05) is 38.8 Å². The fourth-order valence-corrected chi connectivity index (χ4v) is 3.37. The molecular formula is C21H33N3O3. The number of likely N-dealkylation sites (tertiary alicyclic amines) is 1. The molecule has 6 heteroatoms. The first-order valence-electron chi connectivity index (χ1n) is 9.86. The number of anilines is 1. The molecule has 1 heterocycles. The highest BCUT2D eigenvalue weighted by Crippen LogP contribution is 2.19. The van der Waals surface area contributed by atoms with Crippen LogP contribution >= 0.6 is 0 Å². The minimum absolute atomic E-state index is 0.0133. The van der Waals surface area contributed by atoms with Crippen LogP contribution in [0.3, 0.4) is 0 Å². The highest BCUT2D eigenvalue weighted by atomic mass is 16.5. The quantitative estimate of drug-likeness (QED) is 0.721. The maximum atomic E-state index is 12.3. The van der Waals surface area contributed by atoms with Crippen molar-refractivity contribution < 1.29 is 14.3 Å². The van der Waals surface area contributed by atoms with Gasteiger partial charge < -0.3 is 19.9 Å². The Labute approximate surface area is 162 Å². The van der Waals surface area contributed by atoms with Crippen molar-refractivity contribution in [2.24, 2.45) is 11.8 Å². The number of benzene rings is 1. The molecule has 150 valence electrons. The Morgan fingerprint density at radius 1 is 1.30 bits per heavy atom. The second kappa shape index (κ2) is 10.3. The van der Waals surface area contributed by atoms with Gasteiger partial charge in [-0.3, -0.25) is 9.59 Å². The van der Waals surface area contributed by atoms with Crippen molar-refractivity contribution in [1.29, 1.82) is 0 Å². The zero-order valence-corrected chi connectivity index (χ0v) is 17.0. The Hall–Kier alpha value is -2.08. The van der Waals surface area contributed by atoms with E-state index in [4.69, 9.17) is 4.74 Å². The van der Waals surface area contributed by atoms with Crippen LogP contribution < -0.4 is 10.1 Å². The van der Waals surface area contributed by atoms with E-state index in [0.29, 0.717) is 24.0 Å². The van der Waals surface area contributed by atoms with Gasteiger partial charge in [-0.15, -0.1) is 0 Å². The lowest BCUT2D eigenvalue weighted by Crippen LogP contribution is -2.36. The van der Waals surface area contributed by atoms with Gasteiger partial charge in [-0.1, -0.05) is 20.8 Å². The Morgan fingerprint density at radius 2 is 2.00 bits per heavy atom. The Bertz CT molecular complexity index is 616. The molecule has 0 aromatic heterocycles. The normalized spacial score (nSPS) is 17.1. The molecule has 0 saturated carbocycles. The summed E-state index contributed by atoms with van der Waals surface area (Å²) in [5.41, 5.74) is 0.727. The third-order valence-electron chi connectivity index (χ3n) is 4.77. The van der Waals surface area contributed by atoms with Crippen molar-refractivity contribution in [3.05, 3.63) is 24.3 Å². The van der Waals surface area contributed by atoms with Crippen LogP contribution in [0.1, 0.15) is 33.6 Å². The standard InChI is InChI=1S/C21H33N3O3/c1-5-20(25)22-18-6-8-19(9-7-18)27-15-21(26)23(4)13-17-10-11-24(14-17)12-16(2)3/h6-9,16-17H,5,10-15H2,1-4H3,(H,22,25)/t17-/m0/s1. The summed E-state index contributed by atoms with van der Waals surface area (Å²) in [5, 5.41) is 2.78. The number of likely N-dealkylation sites (N-methyl/N-ethyl adjacent to an activating group) is 1. The molecule has 6 nitrogen and oxygen atoms in total. The lowest BCUT2D eigenvalue weighted by Gasteiger charge is -2.22. The molecule has 0 aliphatic carbocycles. The van der Waals surface area contributed by atoms with E-state index in [1.54, 1.807) is 29.2 Å². The van der Waals surface area contributed by atoms with Gasteiger partial charge >= 0.3 is 0 Å². The summed E-state index contributed by atoms with van der Waals surface area (Å²) >= 11 is 0. The van der Waals surface area contributed by atoms with E-state index in [2.05, 4.69) is 24.1 Å². The first kappa shape index (κ1) is 21.2. The molecule has 1 aliphatic rings. The third-order valence-corrected chi connectivity index (χ3v) is 4.77. The summed E-state index contributed by atoms with van der Waals surface area (Å²) < 4.78 is 5.60. The van der Waals surface area contributed by atoms with Gasteiger partial charge in [0.15, 0.2) is 6.61 Å². The molecule has 2 rings (SSSR count). The third kappa shape index (κ3) is 7.21. The van der Waals surface area contributed by atoms with Crippen molar-refractivity contribution in [2.75, 3.05) is 45.2 Å².